The van der Waals surface area contributed by atoms with Crippen LogP contribution < -0.4 is 10.6 Å². The number of carbonyl (C=O) groups excluding carboxylic acids is 1. The third-order valence-corrected chi connectivity index (χ3v) is 3.64. The molecule has 114 valence electrons. The zero-order chi connectivity index (χ0) is 15.2. The molecule has 0 spiro atoms. The highest BCUT2D eigenvalue weighted by molar-refractivity contribution is 5.91. The maximum atomic E-state index is 12.0. The number of urea groups is 1. The van der Waals surface area contributed by atoms with Crippen LogP contribution in [0.2, 0.25) is 0 Å². The van der Waals surface area contributed by atoms with Gasteiger partial charge in [-0.2, -0.15) is 0 Å². The van der Waals surface area contributed by atoms with Crippen molar-refractivity contribution in [2.24, 2.45) is 5.92 Å². The second kappa shape index (κ2) is 7.08. The molecule has 3 N–H and O–H groups in total. The molecule has 1 saturated heterocycles. The Morgan fingerprint density at radius 3 is 2.86 bits per heavy atom. The van der Waals surface area contributed by atoms with Gasteiger partial charge in [0, 0.05) is 24.3 Å². The van der Waals surface area contributed by atoms with Gasteiger partial charge in [-0.3, -0.25) is 4.79 Å². The van der Waals surface area contributed by atoms with Gasteiger partial charge in [0.25, 0.3) is 0 Å². The lowest BCUT2D eigenvalue weighted by Gasteiger charge is -2.20. The number of carboxylic acid groups (broad SMARTS) is 1. The van der Waals surface area contributed by atoms with E-state index >= 15 is 0 Å². The van der Waals surface area contributed by atoms with Crippen LogP contribution >= 0.6 is 0 Å². The van der Waals surface area contributed by atoms with Crippen molar-refractivity contribution in [3.63, 3.8) is 0 Å². The van der Waals surface area contributed by atoms with Crippen molar-refractivity contribution >= 4 is 17.7 Å². The quantitative estimate of drug-likeness (QED) is 0.773. The summed E-state index contributed by atoms with van der Waals surface area (Å²) in [6.07, 6.45) is 0.819. The highest BCUT2D eigenvalue weighted by Crippen LogP contribution is 2.18. The van der Waals surface area contributed by atoms with E-state index in [1.165, 1.54) is 0 Å². The fourth-order valence-corrected chi connectivity index (χ4v) is 2.39. The number of ether oxygens (including phenoxy) is 1. The molecule has 6 nitrogen and oxygen atoms in total. The van der Waals surface area contributed by atoms with Gasteiger partial charge >= 0.3 is 12.0 Å². The number of carboxylic acids is 1. The average molecular weight is 292 g/mol. The Labute approximate surface area is 123 Å². The molecular formula is C15H20N2O4. The maximum absolute atomic E-state index is 12.0. The first-order valence-corrected chi connectivity index (χ1v) is 7.01. The lowest BCUT2D eigenvalue weighted by molar-refractivity contribution is -0.136. The average Bonchev–Trinajstić information content (AvgIpc) is 2.94. The summed E-state index contributed by atoms with van der Waals surface area (Å²) in [5.74, 6) is -0.605. The molecule has 0 saturated carbocycles. The first-order chi connectivity index (χ1) is 10.1. The predicted molar refractivity (Wildman–Crippen MR) is 78.3 cm³/mol. The molecule has 6 heteroatoms. The lowest BCUT2D eigenvalue weighted by atomic mass is 10.0. The topological polar surface area (TPSA) is 87.7 Å². The van der Waals surface area contributed by atoms with Gasteiger partial charge in [-0.25, -0.2) is 4.79 Å². The fraction of sp³-hybridized carbons (Fsp3) is 0.467. The van der Waals surface area contributed by atoms with Crippen LogP contribution in [0.15, 0.2) is 24.3 Å². The molecule has 1 heterocycles. The van der Waals surface area contributed by atoms with Gasteiger partial charge < -0.3 is 20.5 Å². The highest BCUT2D eigenvalue weighted by Gasteiger charge is 2.23. The summed E-state index contributed by atoms with van der Waals surface area (Å²) >= 11 is 0. The van der Waals surface area contributed by atoms with Crippen molar-refractivity contribution in [3.8, 4) is 0 Å². The molecule has 1 aromatic carbocycles. The van der Waals surface area contributed by atoms with Crippen LogP contribution in [0.25, 0.3) is 0 Å². The van der Waals surface area contributed by atoms with Crippen LogP contribution in [-0.2, 0) is 16.0 Å². The van der Waals surface area contributed by atoms with E-state index in [4.69, 9.17) is 9.84 Å². The minimum Gasteiger partial charge on any atom is -0.481 e. The van der Waals surface area contributed by atoms with Crippen molar-refractivity contribution in [1.29, 1.82) is 0 Å². The summed E-state index contributed by atoms with van der Waals surface area (Å²) in [6.45, 7) is 3.35. The minimum atomic E-state index is -0.930. The Bertz CT molecular complexity index is 512. The third-order valence-electron chi connectivity index (χ3n) is 3.64. The minimum absolute atomic E-state index is 0.0131. The number of hydrogen-bond donors (Lipinski definition) is 3. The van der Waals surface area contributed by atoms with Gasteiger partial charge in [-0.15, -0.1) is 0 Å². The zero-order valence-electron chi connectivity index (χ0n) is 12.0. The number of nitrogens with one attached hydrogen (secondary N) is 2. The Balaban J connectivity index is 1.94. The zero-order valence-corrected chi connectivity index (χ0v) is 12.0. The van der Waals surface area contributed by atoms with E-state index in [1.54, 1.807) is 24.3 Å². The molecule has 1 aromatic rings. The number of para-hydroxylation sites is 1. The molecule has 2 unspecified atom stereocenters. The van der Waals surface area contributed by atoms with Crippen LogP contribution in [-0.4, -0.2) is 36.4 Å². The number of benzene rings is 1. The van der Waals surface area contributed by atoms with E-state index in [0.29, 0.717) is 23.8 Å². The van der Waals surface area contributed by atoms with E-state index in [-0.39, 0.29) is 18.5 Å². The first-order valence-electron chi connectivity index (χ1n) is 7.01. The van der Waals surface area contributed by atoms with Crippen LogP contribution in [0, 0.1) is 5.92 Å². The van der Waals surface area contributed by atoms with Crippen LogP contribution in [0.3, 0.4) is 0 Å². The molecule has 1 fully saturated rings. The largest absolute Gasteiger partial charge is 0.481 e. The molecule has 0 bridgehead atoms. The smallest absolute Gasteiger partial charge is 0.319 e. The summed E-state index contributed by atoms with van der Waals surface area (Å²) in [7, 11) is 0. The van der Waals surface area contributed by atoms with Gasteiger partial charge in [0.15, 0.2) is 0 Å². The molecule has 2 amide bonds. The maximum Gasteiger partial charge on any atom is 0.319 e. The molecule has 0 aliphatic carbocycles. The molecule has 21 heavy (non-hydrogen) atoms. The number of rotatable bonds is 5. The van der Waals surface area contributed by atoms with Crippen molar-refractivity contribution in [1.82, 2.24) is 5.32 Å². The molecule has 0 aromatic heterocycles. The number of aliphatic carboxylic acids is 1. The Morgan fingerprint density at radius 1 is 1.43 bits per heavy atom. The summed E-state index contributed by atoms with van der Waals surface area (Å²) in [4.78, 5) is 22.8. The van der Waals surface area contributed by atoms with Gasteiger partial charge in [0.2, 0.25) is 0 Å². The van der Waals surface area contributed by atoms with Crippen molar-refractivity contribution in [3.05, 3.63) is 29.8 Å². The molecule has 1 aliphatic heterocycles. The Hall–Kier alpha value is -2.08. The molecule has 2 atom stereocenters. The van der Waals surface area contributed by atoms with Crippen molar-refractivity contribution < 1.29 is 19.4 Å². The third kappa shape index (κ3) is 4.46. The molecular weight excluding hydrogens is 272 g/mol. The summed E-state index contributed by atoms with van der Waals surface area (Å²) in [5, 5.41) is 14.5. The van der Waals surface area contributed by atoms with Crippen LogP contribution in [0.1, 0.15) is 18.9 Å². The highest BCUT2D eigenvalue weighted by atomic mass is 16.5. The molecule has 2 rings (SSSR count). The monoisotopic (exact) mass is 292 g/mol. The van der Waals surface area contributed by atoms with Crippen molar-refractivity contribution in [2.75, 3.05) is 18.5 Å². The van der Waals surface area contributed by atoms with Gasteiger partial charge in [-0.05, 0) is 25.0 Å². The first kappa shape index (κ1) is 15.3. The standard InChI is InChI=1S/C15H20N2O4/c1-10(12-6-7-21-9-12)16-15(20)17-13-5-3-2-4-11(13)8-14(18)19/h2-5,10,12H,6-9H2,1H3,(H,18,19)(H2,16,17,20). The normalized spacial score (nSPS) is 19.0. The van der Waals surface area contributed by atoms with E-state index < -0.39 is 5.97 Å². The van der Waals surface area contributed by atoms with Crippen LogP contribution in [0.4, 0.5) is 10.5 Å². The van der Waals surface area contributed by atoms with E-state index in [2.05, 4.69) is 10.6 Å². The predicted octanol–water partition coefficient (Wildman–Crippen LogP) is 1.86. The summed E-state index contributed by atoms with van der Waals surface area (Å²) in [5.41, 5.74) is 1.10. The fourth-order valence-electron chi connectivity index (χ4n) is 2.39. The Morgan fingerprint density at radius 2 is 2.19 bits per heavy atom. The van der Waals surface area contributed by atoms with Crippen LogP contribution in [0.5, 0.6) is 0 Å². The van der Waals surface area contributed by atoms with Gasteiger partial charge in [-0.1, -0.05) is 18.2 Å². The number of carbonyl (C=O) groups is 2. The van der Waals surface area contributed by atoms with Gasteiger partial charge in [0.1, 0.15) is 0 Å². The van der Waals surface area contributed by atoms with E-state index in [1.807, 2.05) is 6.92 Å². The van der Waals surface area contributed by atoms with Crippen molar-refractivity contribution in [2.45, 2.75) is 25.8 Å². The lowest BCUT2D eigenvalue weighted by Crippen LogP contribution is -2.41. The summed E-state index contributed by atoms with van der Waals surface area (Å²) < 4.78 is 5.30. The second-order valence-electron chi connectivity index (χ2n) is 5.24. The second-order valence-corrected chi connectivity index (χ2v) is 5.24. The number of hydrogen-bond acceptors (Lipinski definition) is 3. The number of amides is 2. The molecule has 1 aliphatic rings. The van der Waals surface area contributed by atoms with E-state index in [9.17, 15) is 9.59 Å². The Kier molecular flexibility index (Phi) is 5.16. The molecule has 0 radical (unpaired) electrons. The SMILES string of the molecule is CC(NC(=O)Nc1ccccc1CC(=O)O)C1CCOC1. The van der Waals surface area contributed by atoms with E-state index in [0.717, 1.165) is 13.0 Å². The summed E-state index contributed by atoms with van der Waals surface area (Å²) in [6, 6.07) is 6.58. The van der Waals surface area contributed by atoms with Gasteiger partial charge in [0.05, 0.1) is 13.0 Å². The number of anilines is 1.